The third-order valence-corrected chi connectivity index (χ3v) is 10.5. The van der Waals surface area contributed by atoms with Crippen LogP contribution < -0.4 is 4.90 Å². The first-order chi connectivity index (χ1) is 24.8. The van der Waals surface area contributed by atoms with E-state index in [1.165, 1.54) is 77.1 Å². The molecule has 8 aromatic rings. The zero-order valence-electron chi connectivity index (χ0n) is 27.6. The molecule has 236 valence electrons. The molecule has 0 aliphatic heterocycles. The summed E-state index contributed by atoms with van der Waals surface area (Å²) >= 11 is 0. The van der Waals surface area contributed by atoms with Crippen LogP contribution in [-0.4, -0.2) is 4.57 Å². The molecule has 0 bridgehead atoms. The van der Waals surface area contributed by atoms with Gasteiger partial charge >= 0.3 is 0 Å². The predicted octanol–water partition coefficient (Wildman–Crippen LogP) is 12.9. The number of nitrogens with zero attached hydrogens (tertiary/aromatic N) is 2. The first-order valence-electron chi connectivity index (χ1n) is 17.5. The van der Waals surface area contributed by atoms with Crippen molar-refractivity contribution < 1.29 is 0 Å². The summed E-state index contributed by atoms with van der Waals surface area (Å²) in [5.74, 6) is 0.363. The Kier molecular flexibility index (Phi) is 6.67. The van der Waals surface area contributed by atoms with E-state index in [9.17, 15) is 0 Å². The molecule has 50 heavy (non-hydrogen) atoms. The number of aromatic nitrogens is 1. The number of fused-ring (bicyclic) bond motifs is 6. The van der Waals surface area contributed by atoms with Crippen LogP contribution in [0, 0.1) is 5.92 Å². The summed E-state index contributed by atoms with van der Waals surface area (Å²) in [7, 11) is 0. The van der Waals surface area contributed by atoms with Crippen molar-refractivity contribution in [1.29, 1.82) is 0 Å². The van der Waals surface area contributed by atoms with E-state index in [0.29, 0.717) is 5.92 Å². The monoisotopic (exact) mass is 638 g/mol. The fourth-order valence-electron chi connectivity index (χ4n) is 8.23. The van der Waals surface area contributed by atoms with Gasteiger partial charge in [0.2, 0.25) is 0 Å². The lowest BCUT2D eigenvalue weighted by Crippen LogP contribution is -2.21. The largest absolute Gasteiger partial charge is 0.314 e. The molecule has 0 fully saturated rings. The molecule has 1 atom stereocenters. The predicted molar refractivity (Wildman–Crippen MR) is 212 cm³/mol. The van der Waals surface area contributed by atoms with E-state index < -0.39 is 0 Å². The van der Waals surface area contributed by atoms with E-state index in [4.69, 9.17) is 0 Å². The molecule has 10 rings (SSSR count). The summed E-state index contributed by atoms with van der Waals surface area (Å²) in [6, 6.07) is 55.5. The fourth-order valence-corrected chi connectivity index (χ4v) is 8.23. The van der Waals surface area contributed by atoms with Crippen molar-refractivity contribution >= 4 is 54.7 Å². The van der Waals surface area contributed by atoms with Gasteiger partial charge in [-0.2, -0.15) is 0 Å². The summed E-state index contributed by atoms with van der Waals surface area (Å²) in [5.41, 5.74) is 11.1. The Hall–Kier alpha value is -6.38. The van der Waals surface area contributed by atoms with E-state index in [2.05, 4.69) is 198 Å². The average Bonchev–Trinajstić information content (AvgIpc) is 3.51. The van der Waals surface area contributed by atoms with Gasteiger partial charge in [0.1, 0.15) is 0 Å². The van der Waals surface area contributed by atoms with E-state index >= 15 is 0 Å². The first-order valence-corrected chi connectivity index (χ1v) is 17.5. The molecule has 0 spiro atoms. The van der Waals surface area contributed by atoms with E-state index in [1.807, 2.05) is 0 Å². The van der Waals surface area contributed by atoms with Gasteiger partial charge in [-0.3, -0.25) is 0 Å². The lowest BCUT2D eigenvalue weighted by molar-refractivity contribution is 0.733. The number of hydrogen-bond donors (Lipinski definition) is 0. The highest BCUT2D eigenvalue weighted by Crippen LogP contribution is 2.46. The second-order valence-corrected chi connectivity index (χ2v) is 13.3. The van der Waals surface area contributed by atoms with Gasteiger partial charge in [0, 0.05) is 39.1 Å². The van der Waals surface area contributed by atoms with Crippen LogP contribution in [0.25, 0.3) is 60.2 Å². The van der Waals surface area contributed by atoms with Crippen molar-refractivity contribution in [2.75, 3.05) is 4.90 Å². The summed E-state index contributed by atoms with van der Waals surface area (Å²) in [5, 5.41) is 7.51. The molecular weight excluding hydrogens is 605 g/mol. The highest BCUT2D eigenvalue weighted by atomic mass is 15.2. The van der Waals surface area contributed by atoms with Gasteiger partial charge in [0.05, 0.1) is 16.7 Å². The van der Waals surface area contributed by atoms with Gasteiger partial charge in [-0.05, 0) is 87.8 Å². The summed E-state index contributed by atoms with van der Waals surface area (Å²) in [6.45, 7) is 0. The van der Waals surface area contributed by atoms with Crippen LogP contribution in [0.15, 0.2) is 199 Å². The minimum Gasteiger partial charge on any atom is -0.314 e. The van der Waals surface area contributed by atoms with Crippen molar-refractivity contribution in [3.63, 3.8) is 0 Å². The molecular formula is C48H34N2. The molecule has 2 nitrogen and oxygen atoms in total. The molecule has 1 heterocycles. The SMILES string of the molecule is C1=CC2=CC=C(N(c3cccc(-c4c5ccccc5cc5c4c4ccccc4n5-c4ccccc4)c3)c3cccc4ccccc34)CC2C=C1. The summed E-state index contributed by atoms with van der Waals surface area (Å²) in [6.07, 6.45) is 14.5. The van der Waals surface area contributed by atoms with Crippen LogP contribution in [0.2, 0.25) is 0 Å². The molecule has 0 radical (unpaired) electrons. The van der Waals surface area contributed by atoms with E-state index in [0.717, 1.165) is 12.1 Å². The first kappa shape index (κ1) is 28.6. The molecule has 0 saturated heterocycles. The maximum absolute atomic E-state index is 2.50. The maximum Gasteiger partial charge on any atom is 0.0553 e. The van der Waals surface area contributed by atoms with Gasteiger partial charge in [0.25, 0.3) is 0 Å². The third kappa shape index (κ3) is 4.57. The van der Waals surface area contributed by atoms with Crippen molar-refractivity contribution in [3.05, 3.63) is 199 Å². The van der Waals surface area contributed by atoms with Crippen LogP contribution in [0.1, 0.15) is 6.42 Å². The van der Waals surface area contributed by atoms with Crippen molar-refractivity contribution in [2.24, 2.45) is 5.92 Å². The lowest BCUT2D eigenvalue weighted by atomic mass is 9.86. The second kappa shape index (κ2) is 11.6. The highest BCUT2D eigenvalue weighted by Gasteiger charge is 2.25. The van der Waals surface area contributed by atoms with Crippen LogP contribution >= 0.6 is 0 Å². The molecule has 1 aromatic heterocycles. The zero-order valence-corrected chi connectivity index (χ0v) is 27.6. The highest BCUT2D eigenvalue weighted by molar-refractivity contribution is 6.23. The van der Waals surface area contributed by atoms with Gasteiger partial charge in [0.15, 0.2) is 0 Å². The number of rotatable bonds is 5. The van der Waals surface area contributed by atoms with Gasteiger partial charge in [-0.25, -0.2) is 0 Å². The number of hydrogen-bond acceptors (Lipinski definition) is 1. The van der Waals surface area contributed by atoms with E-state index in [1.54, 1.807) is 0 Å². The van der Waals surface area contributed by atoms with Crippen molar-refractivity contribution in [3.8, 4) is 16.8 Å². The zero-order chi connectivity index (χ0) is 33.0. The Bertz CT molecular complexity index is 2730. The Morgan fingerprint density at radius 1 is 0.560 bits per heavy atom. The Morgan fingerprint density at radius 2 is 1.30 bits per heavy atom. The van der Waals surface area contributed by atoms with Crippen LogP contribution in [0.3, 0.4) is 0 Å². The molecule has 2 heteroatoms. The Morgan fingerprint density at radius 3 is 2.20 bits per heavy atom. The van der Waals surface area contributed by atoms with Gasteiger partial charge in [-0.15, -0.1) is 0 Å². The molecule has 2 aliphatic rings. The molecule has 2 aliphatic carbocycles. The molecule has 0 saturated carbocycles. The van der Waals surface area contributed by atoms with E-state index in [-0.39, 0.29) is 0 Å². The maximum atomic E-state index is 2.50. The molecule has 0 amide bonds. The number of anilines is 2. The summed E-state index contributed by atoms with van der Waals surface area (Å²) in [4.78, 5) is 2.50. The molecule has 1 unspecified atom stereocenters. The minimum atomic E-state index is 0.363. The minimum absolute atomic E-state index is 0.363. The molecule has 0 N–H and O–H groups in total. The van der Waals surface area contributed by atoms with Crippen molar-refractivity contribution in [1.82, 2.24) is 4.57 Å². The number of benzene rings is 7. The summed E-state index contributed by atoms with van der Waals surface area (Å²) < 4.78 is 2.43. The van der Waals surface area contributed by atoms with Crippen molar-refractivity contribution in [2.45, 2.75) is 6.42 Å². The van der Waals surface area contributed by atoms with Crippen LogP contribution in [-0.2, 0) is 0 Å². The quantitative estimate of drug-likeness (QED) is 0.182. The Labute approximate surface area is 291 Å². The normalized spacial score (nSPS) is 15.4. The number of allylic oxidation sites excluding steroid dienone is 8. The number of para-hydroxylation sites is 2. The van der Waals surface area contributed by atoms with Gasteiger partial charge < -0.3 is 9.47 Å². The Balaban J connectivity index is 1.25. The van der Waals surface area contributed by atoms with Crippen LogP contribution in [0.5, 0.6) is 0 Å². The molecule has 7 aromatic carbocycles. The third-order valence-electron chi connectivity index (χ3n) is 10.5. The topological polar surface area (TPSA) is 8.17 Å². The second-order valence-electron chi connectivity index (χ2n) is 13.3. The standard InChI is InChI=1S/C48H34N2/c1-2-20-38(21-3-1)50-45-26-11-10-25-43(45)48-46(50)32-36-17-7-9-24-42(36)47(48)37-19-12-22-39(31-37)49(40-29-28-33-14-4-5-16-35(33)30-40)44-27-13-18-34-15-6-8-23-41(34)44/h1-29,31-32,35H,30H2. The lowest BCUT2D eigenvalue weighted by Gasteiger charge is -2.33. The smallest absolute Gasteiger partial charge is 0.0553 e. The van der Waals surface area contributed by atoms with Crippen LogP contribution in [0.4, 0.5) is 11.4 Å². The fraction of sp³-hybridized carbons (Fsp3) is 0.0417. The average molecular weight is 639 g/mol. The van der Waals surface area contributed by atoms with Gasteiger partial charge in [-0.1, -0.05) is 140 Å².